The lowest BCUT2D eigenvalue weighted by atomic mass is 9.98. The highest BCUT2D eigenvalue weighted by Gasteiger charge is 2.26. The molecule has 0 spiro atoms. The number of hydrogen-bond acceptors (Lipinski definition) is 7. The molecule has 8 nitrogen and oxygen atoms in total. The van der Waals surface area contributed by atoms with E-state index < -0.39 is 11.9 Å². The molecular weight excluding hydrogens is 396 g/mol. The van der Waals surface area contributed by atoms with Gasteiger partial charge < -0.3 is 20.1 Å². The molecular formula is C23H34N4O4. The second-order valence-corrected chi connectivity index (χ2v) is 8.62. The number of Topliss-reactive ketones (excluding diaryl/α,β-unsaturated/α-hetero) is 1. The summed E-state index contributed by atoms with van der Waals surface area (Å²) in [6.07, 6.45) is 11.1. The molecule has 2 N–H and O–H groups in total. The van der Waals surface area contributed by atoms with E-state index in [2.05, 4.69) is 9.97 Å². The van der Waals surface area contributed by atoms with Gasteiger partial charge in [0.25, 0.3) is 0 Å². The van der Waals surface area contributed by atoms with Crippen LogP contribution in [0.1, 0.15) is 81.0 Å². The van der Waals surface area contributed by atoms with Crippen molar-refractivity contribution >= 4 is 11.9 Å². The maximum atomic E-state index is 13.0. The fourth-order valence-corrected chi connectivity index (χ4v) is 4.21. The monoisotopic (exact) mass is 430 g/mol. The molecule has 0 atom stereocenters. The average molecular weight is 431 g/mol. The number of carbonyl (C=O) groups is 2. The number of carbonyl (C=O) groups excluding carboxylic acids is 2. The molecule has 2 fully saturated rings. The largest absolute Gasteiger partial charge is 0.487 e. The third-order valence-corrected chi connectivity index (χ3v) is 6.23. The molecule has 31 heavy (non-hydrogen) atoms. The van der Waals surface area contributed by atoms with E-state index in [1.165, 1.54) is 19.3 Å². The van der Waals surface area contributed by atoms with Gasteiger partial charge in [0.15, 0.2) is 5.75 Å². The summed E-state index contributed by atoms with van der Waals surface area (Å²) in [6, 6.07) is 0.192. The fraction of sp³-hybridized carbons (Fsp3) is 0.652. The molecule has 2 saturated carbocycles. The molecule has 8 heteroatoms. The zero-order valence-corrected chi connectivity index (χ0v) is 18.9. The molecule has 0 aliphatic heterocycles. The number of hydrogen-bond donors (Lipinski definition) is 1. The average Bonchev–Trinajstić information content (AvgIpc) is 3.30. The summed E-state index contributed by atoms with van der Waals surface area (Å²) >= 11 is 0. The van der Waals surface area contributed by atoms with E-state index >= 15 is 0 Å². The third-order valence-electron chi connectivity index (χ3n) is 6.23. The van der Waals surface area contributed by atoms with Crippen molar-refractivity contribution in [3.63, 3.8) is 0 Å². The van der Waals surface area contributed by atoms with E-state index in [-0.39, 0.29) is 35.8 Å². The second kappa shape index (κ2) is 10.6. The maximum absolute atomic E-state index is 13.0. The maximum Gasteiger partial charge on any atom is 0.410 e. The van der Waals surface area contributed by atoms with Crippen molar-refractivity contribution in [2.24, 2.45) is 5.73 Å². The summed E-state index contributed by atoms with van der Waals surface area (Å²) in [5.74, 6) is 0.181. The smallest absolute Gasteiger partial charge is 0.410 e. The van der Waals surface area contributed by atoms with Crippen molar-refractivity contribution < 1.29 is 19.1 Å². The van der Waals surface area contributed by atoms with Crippen LogP contribution in [0.25, 0.3) is 0 Å². The molecule has 2 aliphatic carbocycles. The first-order chi connectivity index (χ1) is 14.9. The van der Waals surface area contributed by atoms with Gasteiger partial charge in [-0.15, -0.1) is 0 Å². The Morgan fingerprint density at radius 3 is 2.39 bits per heavy atom. The fourth-order valence-electron chi connectivity index (χ4n) is 4.21. The van der Waals surface area contributed by atoms with Gasteiger partial charge in [-0.25, -0.2) is 14.8 Å². The Morgan fingerprint density at radius 1 is 1.13 bits per heavy atom. The van der Waals surface area contributed by atoms with Crippen LogP contribution in [-0.4, -0.2) is 52.5 Å². The minimum atomic E-state index is -0.452. The van der Waals surface area contributed by atoms with Crippen LogP contribution in [0, 0.1) is 6.92 Å². The number of rotatable bonds is 7. The van der Waals surface area contributed by atoms with Gasteiger partial charge in [0.2, 0.25) is 11.6 Å². The lowest BCUT2D eigenvalue weighted by Gasteiger charge is -2.24. The summed E-state index contributed by atoms with van der Waals surface area (Å²) in [6.45, 7) is 3.20. The van der Waals surface area contributed by atoms with Crippen LogP contribution in [-0.2, 0) is 4.74 Å². The Morgan fingerprint density at radius 2 is 1.77 bits per heavy atom. The van der Waals surface area contributed by atoms with Gasteiger partial charge in [-0.05, 0) is 52.4 Å². The lowest BCUT2D eigenvalue weighted by molar-refractivity contribution is 0.0936. The van der Waals surface area contributed by atoms with Crippen molar-refractivity contribution in [3.05, 3.63) is 29.0 Å². The second-order valence-electron chi connectivity index (χ2n) is 8.62. The van der Waals surface area contributed by atoms with Crippen LogP contribution in [0.2, 0.25) is 0 Å². The molecule has 1 aromatic heterocycles. The van der Waals surface area contributed by atoms with Gasteiger partial charge in [-0.3, -0.25) is 4.79 Å². The minimum Gasteiger partial charge on any atom is -0.487 e. The zero-order valence-electron chi connectivity index (χ0n) is 18.9. The van der Waals surface area contributed by atoms with Crippen LogP contribution >= 0.6 is 0 Å². The number of ketones is 1. The van der Waals surface area contributed by atoms with Gasteiger partial charge in [-0.2, -0.15) is 0 Å². The third kappa shape index (κ3) is 5.95. The number of amides is 1. The molecule has 1 aromatic rings. The van der Waals surface area contributed by atoms with Gasteiger partial charge in [-0.1, -0.05) is 19.3 Å². The highest BCUT2D eigenvalue weighted by Crippen LogP contribution is 2.25. The molecule has 0 unspecified atom stereocenters. The first kappa shape index (κ1) is 23.0. The predicted octanol–water partition coefficient (Wildman–Crippen LogP) is 3.92. The van der Waals surface area contributed by atoms with E-state index in [0.29, 0.717) is 11.4 Å². The molecule has 0 bridgehead atoms. The predicted molar refractivity (Wildman–Crippen MR) is 117 cm³/mol. The van der Waals surface area contributed by atoms with E-state index in [4.69, 9.17) is 15.2 Å². The van der Waals surface area contributed by atoms with Crippen LogP contribution in [0.15, 0.2) is 17.5 Å². The number of nitrogens with two attached hydrogens (primary N) is 1. The standard InChI is InChI=1S/C23H34N4O4/c1-15(24)19(14-30-23(29)27(3)17-9-7-8-10-17)21(28)22-25-13-20(16(2)26-22)31-18-11-5-4-6-12-18/h13,17-18H,4-12,14,24H2,1-3H3. The molecule has 2 aliphatic rings. The van der Waals surface area contributed by atoms with Crippen molar-refractivity contribution in [3.8, 4) is 5.75 Å². The molecule has 1 amide bonds. The van der Waals surface area contributed by atoms with Gasteiger partial charge in [0.05, 0.1) is 23.6 Å². The Bertz CT molecular complexity index is 823. The van der Waals surface area contributed by atoms with Crippen LogP contribution < -0.4 is 10.5 Å². The Labute approximate surface area is 184 Å². The molecule has 3 rings (SSSR count). The molecule has 1 heterocycles. The number of aryl methyl sites for hydroxylation is 1. The number of ether oxygens (including phenoxy) is 2. The van der Waals surface area contributed by atoms with E-state index in [1.54, 1.807) is 32.0 Å². The summed E-state index contributed by atoms with van der Waals surface area (Å²) in [7, 11) is 1.73. The van der Waals surface area contributed by atoms with E-state index in [0.717, 1.165) is 38.5 Å². The van der Waals surface area contributed by atoms with E-state index in [1.807, 2.05) is 0 Å². The van der Waals surface area contributed by atoms with Crippen molar-refractivity contribution in [1.29, 1.82) is 0 Å². The summed E-state index contributed by atoms with van der Waals surface area (Å²) in [5.41, 5.74) is 7.00. The Balaban J connectivity index is 1.63. The highest BCUT2D eigenvalue weighted by molar-refractivity contribution is 6.06. The normalized spacial score (nSPS) is 18.4. The van der Waals surface area contributed by atoms with Crippen molar-refractivity contribution in [2.75, 3.05) is 13.7 Å². The summed E-state index contributed by atoms with van der Waals surface area (Å²) < 4.78 is 11.4. The number of aromatic nitrogens is 2. The molecule has 0 saturated heterocycles. The van der Waals surface area contributed by atoms with Gasteiger partial charge in [0.1, 0.15) is 6.61 Å². The molecule has 0 radical (unpaired) electrons. The van der Waals surface area contributed by atoms with Gasteiger partial charge in [0, 0.05) is 18.8 Å². The van der Waals surface area contributed by atoms with Crippen molar-refractivity contribution in [2.45, 2.75) is 83.8 Å². The minimum absolute atomic E-state index is 0.0218. The lowest BCUT2D eigenvalue weighted by Crippen LogP contribution is -2.36. The number of allylic oxidation sites excluding steroid dienone is 1. The molecule has 0 aromatic carbocycles. The quantitative estimate of drug-likeness (QED) is 0.516. The zero-order chi connectivity index (χ0) is 22.4. The number of nitrogens with zero attached hydrogens (tertiary/aromatic N) is 3. The van der Waals surface area contributed by atoms with Crippen LogP contribution in [0.3, 0.4) is 0 Å². The van der Waals surface area contributed by atoms with Crippen molar-refractivity contribution in [1.82, 2.24) is 14.9 Å². The Hall–Kier alpha value is -2.64. The SMILES string of the molecule is CC(N)=C(COC(=O)N(C)C1CCCC1)C(=O)c1ncc(OC2CCCCC2)c(C)n1. The first-order valence-electron chi connectivity index (χ1n) is 11.3. The first-order valence-corrected chi connectivity index (χ1v) is 11.3. The molecule has 170 valence electrons. The summed E-state index contributed by atoms with van der Waals surface area (Å²) in [4.78, 5) is 35.5. The topological polar surface area (TPSA) is 108 Å². The van der Waals surface area contributed by atoms with Gasteiger partial charge >= 0.3 is 6.09 Å². The van der Waals surface area contributed by atoms with Crippen LogP contribution in [0.5, 0.6) is 5.75 Å². The highest BCUT2D eigenvalue weighted by atomic mass is 16.6. The van der Waals surface area contributed by atoms with E-state index in [9.17, 15) is 9.59 Å². The van der Waals surface area contributed by atoms with Crippen LogP contribution in [0.4, 0.5) is 4.79 Å². The summed E-state index contributed by atoms with van der Waals surface area (Å²) in [5, 5.41) is 0. The Kier molecular flexibility index (Phi) is 7.87.